The fourth-order valence-corrected chi connectivity index (χ4v) is 3.16. The second kappa shape index (κ2) is 5.22. The van der Waals surface area contributed by atoms with E-state index >= 15 is 0 Å². The fourth-order valence-electron chi connectivity index (χ4n) is 3.16. The van der Waals surface area contributed by atoms with Crippen LogP contribution in [0.15, 0.2) is 0 Å². The predicted octanol–water partition coefficient (Wildman–Crippen LogP) is 0.0454. The van der Waals surface area contributed by atoms with Gasteiger partial charge in [0.15, 0.2) is 0 Å². The zero-order valence-electron chi connectivity index (χ0n) is 11.7. The maximum absolute atomic E-state index is 6.12. The van der Waals surface area contributed by atoms with Gasteiger partial charge in [-0.2, -0.15) is 0 Å². The molecule has 2 aliphatic heterocycles. The number of rotatable bonds is 2. The third kappa shape index (κ3) is 2.65. The molecule has 100 valence electrons. The number of piperidine rings is 1. The van der Waals surface area contributed by atoms with Crippen molar-refractivity contribution in [3.05, 3.63) is 0 Å². The van der Waals surface area contributed by atoms with Crippen LogP contribution in [0.5, 0.6) is 0 Å². The van der Waals surface area contributed by atoms with Gasteiger partial charge in [0.1, 0.15) is 0 Å². The number of nitrogens with zero attached hydrogens (tertiary/aromatic N) is 3. The van der Waals surface area contributed by atoms with Gasteiger partial charge in [0.05, 0.1) is 0 Å². The second-order valence-corrected chi connectivity index (χ2v) is 6.01. The van der Waals surface area contributed by atoms with Gasteiger partial charge in [-0.25, -0.2) is 0 Å². The highest BCUT2D eigenvalue weighted by molar-refractivity contribution is 4.98. The van der Waals surface area contributed by atoms with Gasteiger partial charge in [0.2, 0.25) is 0 Å². The lowest BCUT2D eigenvalue weighted by Gasteiger charge is -2.52. The monoisotopic (exact) mass is 240 g/mol. The number of piperazine rings is 1. The summed E-state index contributed by atoms with van der Waals surface area (Å²) >= 11 is 0. The van der Waals surface area contributed by atoms with Gasteiger partial charge in [-0.15, -0.1) is 0 Å². The highest BCUT2D eigenvalue weighted by Crippen LogP contribution is 2.29. The summed E-state index contributed by atoms with van der Waals surface area (Å²) in [6, 6.07) is 0.659. The maximum Gasteiger partial charge on any atom is 0.0357 e. The van der Waals surface area contributed by atoms with Crippen LogP contribution in [-0.2, 0) is 0 Å². The van der Waals surface area contributed by atoms with Gasteiger partial charge in [0, 0.05) is 37.8 Å². The molecule has 0 aromatic heterocycles. The molecule has 4 heteroatoms. The lowest BCUT2D eigenvalue weighted by molar-refractivity contribution is -0.0142. The van der Waals surface area contributed by atoms with Crippen molar-refractivity contribution in [2.24, 2.45) is 5.73 Å². The van der Waals surface area contributed by atoms with E-state index in [0.29, 0.717) is 6.04 Å². The first-order valence-corrected chi connectivity index (χ1v) is 6.91. The van der Waals surface area contributed by atoms with Crippen LogP contribution in [0.2, 0.25) is 0 Å². The summed E-state index contributed by atoms with van der Waals surface area (Å²) in [6.45, 7) is 9.07. The Morgan fingerprint density at radius 2 is 1.76 bits per heavy atom. The van der Waals surface area contributed by atoms with Crippen LogP contribution in [-0.4, -0.2) is 79.6 Å². The minimum Gasteiger partial charge on any atom is -0.329 e. The molecule has 4 nitrogen and oxygen atoms in total. The van der Waals surface area contributed by atoms with Crippen molar-refractivity contribution >= 4 is 0 Å². The summed E-state index contributed by atoms with van der Waals surface area (Å²) in [5.41, 5.74) is 6.40. The SMILES string of the molecule is CC1CN(C2(CN)CCN(C)CC2)CCN1C. The lowest BCUT2D eigenvalue weighted by atomic mass is 9.84. The highest BCUT2D eigenvalue weighted by Gasteiger charge is 2.40. The average Bonchev–Trinajstić information content (AvgIpc) is 2.34. The lowest BCUT2D eigenvalue weighted by Crippen LogP contribution is -2.64. The second-order valence-electron chi connectivity index (χ2n) is 6.01. The Balaban J connectivity index is 2.03. The Labute approximate surface area is 106 Å². The molecule has 2 saturated heterocycles. The van der Waals surface area contributed by atoms with E-state index < -0.39 is 0 Å². The van der Waals surface area contributed by atoms with Crippen molar-refractivity contribution in [1.29, 1.82) is 0 Å². The van der Waals surface area contributed by atoms with Crippen molar-refractivity contribution in [3.8, 4) is 0 Å². The van der Waals surface area contributed by atoms with Gasteiger partial charge in [0.25, 0.3) is 0 Å². The van der Waals surface area contributed by atoms with Crippen LogP contribution in [0, 0.1) is 0 Å². The predicted molar refractivity (Wildman–Crippen MR) is 72.2 cm³/mol. The molecule has 0 radical (unpaired) electrons. The molecule has 0 aliphatic carbocycles. The molecule has 1 unspecified atom stereocenters. The number of likely N-dealkylation sites (N-methyl/N-ethyl adjacent to an activating group) is 1. The number of hydrogen-bond donors (Lipinski definition) is 1. The Hall–Kier alpha value is -0.160. The molecule has 2 aliphatic rings. The smallest absolute Gasteiger partial charge is 0.0357 e. The molecule has 0 spiro atoms. The third-order valence-electron chi connectivity index (χ3n) is 4.93. The van der Waals surface area contributed by atoms with Crippen molar-refractivity contribution < 1.29 is 0 Å². The van der Waals surface area contributed by atoms with E-state index in [1.807, 2.05) is 0 Å². The van der Waals surface area contributed by atoms with E-state index in [4.69, 9.17) is 5.73 Å². The van der Waals surface area contributed by atoms with E-state index in [0.717, 1.165) is 6.54 Å². The number of hydrogen-bond acceptors (Lipinski definition) is 4. The fraction of sp³-hybridized carbons (Fsp3) is 1.00. The van der Waals surface area contributed by atoms with Crippen LogP contribution in [0.3, 0.4) is 0 Å². The molecule has 0 bridgehead atoms. The molecule has 17 heavy (non-hydrogen) atoms. The minimum atomic E-state index is 0.280. The van der Waals surface area contributed by atoms with Crippen LogP contribution < -0.4 is 5.73 Å². The van der Waals surface area contributed by atoms with Crippen molar-refractivity contribution in [2.75, 3.05) is 53.4 Å². The summed E-state index contributed by atoms with van der Waals surface area (Å²) in [6.07, 6.45) is 2.47. The minimum absolute atomic E-state index is 0.280. The van der Waals surface area contributed by atoms with Crippen molar-refractivity contribution in [1.82, 2.24) is 14.7 Å². The molecule has 1 atom stereocenters. The van der Waals surface area contributed by atoms with Crippen molar-refractivity contribution in [3.63, 3.8) is 0 Å². The molecular formula is C13H28N4. The molecule has 2 heterocycles. The molecule has 0 aromatic rings. The largest absolute Gasteiger partial charge is 0.329 e. The first-order chi connectivity index (χ1) is 8.07. The van der Waals surface area contributed by atoms with Gasteiger partial charge < -0.3 is 15.5 Å². The average molecular weight is 240 g/mol. The molecule has 2 fully saturated rings. The third-order valence-corrected chi connectivity index (χ3v) is 4.93. The zero-order chi connectivity index (χ0) is 12.5. The Morgan fingerprint density at radius 3 is 2.29 bits per heavy atom. The van der Waals surface area contributed by atoms with E-state index in [1.54, 1.807) is 0 Å². The van der Waals surface area contributed by atoms with Crippen molar-refractivity contribution in [2.45, 2.75) is 31.3 Å². The van der Waals surface area contributed by atoms with E-state index in [1.165, 1.54) is 45.6 Å². The summed E-state index contributed by atoms with van der Waals surface area (Å²) < 4.78 is 0. The Morgan fingerprint density at radius 1 is 1.12 bits per heavy atom. The van der Waals surface area contributed by atoms with Gasteiger partial charge in [-0.1, -0.05) is 0 Å². The molecule has 2 N–H and O–H groups in total. The highest BCUT2D eigenvalue weighted by atomic mass is 15.3. The van der Waals surface area contributed by atoms with E-state index in [2.05, 4.69) is 35.7 Å². The van der Waals surface area contributed by atoms with Gasteiger partial charge in [-0.3, -0.25) is 4.90 Å². The molecule has 2 rings (SSSR count). The van der Waals surface area contributed by atoms with Crippen LogP contribution in [0.1, 0.15) is 19.8 Å². The maximum atomic E-state index is 6.12. The van der Waals surface area contributed by atoms with E-state index in [-0.39, 0.29) is 5.54 Å². The van der Waals surface area contributed by atoms with Gasteiger partial charge >= 0.3 is 0 Å². The quantitative estimate of drug-likeness (QED) is 0.740. The van der Waals surface area contributed by atoms with Crippen LogP contribution in [0.25, 0.3) is 0 Å². The topological polar surface area (TPSA) is 35.7 Å². The zero-order valence-corrected chi connectivity index (χ0v) is 11.7. The number of nitrogens with two attached hydrogens (primary N) is 1. The normalized spacial score (nSPS) is 32.8. The number of likely N-dealkylation sites (tertiary alicyclic amines) is 1. The Kier molecular flexibility index (Phi) is 4.08. The summed E-state index contributed by atoms with van der Waals surface area (Å²) in [5.74, 6) is 0. The standard InChI is InChI=1S/C13H28N4/c1-12-10-17(9-8-16(12)3)13(11-14)4-6-15(2)7-5-13/h12H,4-11,14H2,1-3H3. The molecular weight excluding hydrogens is 212 g/mol. The summed E-state index contributed by atoms with van der Waals surface area (Å²) in [7, 11) is 4.44. The first-order valence-electron chi connectivity index (χ1n) is 6.91. The molecule has 0 saturated carbocycles. The summed E-state index contributed by atoms with van der Waals surface area (Å²) in [4.78, 5) is 7.55. The molecule has 0 amide bonds. The van der Waals surface area contributed by atoms with E-state index in [9.17, 15) is 0 Å². The molecule has 0 aromatic carbocycles. The Bertz CT molecular complexity index is 248. The van der Waals surface area contributed by atoms with Crippen LogP contribution in [0.4, 0.5) is 0 Å². The first kappa shape index (κ1) is 13.3. The van der Waals surface area contributed by atoms with Gasteiger partial charge in [-0.05, 0) is 47.0 Å². The van der Waals surface area contributed by atoms with Crippen LogP contribution >= 0.6 is 0 Å². The summed E-state index contributed by atoms with van der Waals surface area (Å²) in [5, 5.41) is 0.